The molecule has 0 saturated carbocycles. The van der Waals surface area contributed by atoms with Gasteiger partial charge >= 0.3 is 0 Å². The Morgan fingerprint density at radius 1 is 1.63 bits per heavy atom. The number of amides is 1. The maximum atomic E-state index is 11.7. The predicted octanol–water partition coefficient (Wildman–Crippen LogP) is 1.49. The summed E-state index contributed by atoms with van der Waals surface area (Å²) in [6.45, 7) is 2.82. The summed E-state index contributed by atoms with van der Waals surface area (Å²) in [7, 11) is 1.65. The molecule has 0 radical (unpaired) electrons. The van der Waals surface area contributed by atoms with Crippen molar-refractivity contribution in [2.24, 2.45) is 5.73 Å². The topological polar surface area (TPSA) is 64.3 Å². The molecule has 4 nitrogen and oxygen atoms in total. The summed E-state index contributed by atoms with van der Waals surface area (Å²) in [5.74, 6) is 5.86. The molecule has 1 atom stereocenters. The number of methoxy groups -OCH3 is 1. The van der Waals surface area contributed by atoms with Gasteiger partial charge in [0.25, 0.3) is 0 Å². The van der Waals surface area contributed by atoms with Gasteiger partial charge in [0.15, 0.2) is 0 Å². The molecule has 1 rings (SSSR count). The molecule has 1 heterocycles. The Morgan fingerprint density at radius 2 is 2.42 bits per heavy atom. The summed E-state index contributed by atoms with van der Waals surface area (Å²) in [5.41, 5.74) is 6.29. The van der Waals surface area contributed by atoms with Crippen LogP contribution in [0.25, 0.3) is 0 Å². The molecule has 5 heteroatoms. The molecule has 0 aliphatic carbocycles. The fourth-order valence-corrected chi connectivity index (χ4v) is 2.22. The lowest BCUT2D eigenvalue weighted by Crippen LogP contribution is -2.23. The minimum Gasteiger partial charge on any atom is -0.382 e. The van der Waals surface area contributed by atoms with E-state index in [0.29, 0.717) is 19.5 Å². The zero-order chi connectivity index (χ0) is 14.1. The second-order valence-electron chi connectivity index (χ2n) is 4.13. The van der Waals surface area contributed by atoms with Gasteiger partial charge in [-0.2, -0.15) is 0 Å². The van der Waals surface area contributed by atoms with Crippen LogP contribution >= 0.6 is 11.3 Å². The van der Waals surface area contributed by atoms with E-state index in [2.05, 4.69) is 17.2 Å². The summed E-state index contributed by atoms with van der Waals surface area (Å²) in [5, 5.41) is 4.87. The lowest BCUT2D eigenvalue weighted by atomic mass is 10.2. The predicted molar refractivity (Wildman–Crippen MR) is 77.8 cm³/mol. The summed E-state index contributed by atoms with van der Waals surface area (Å²) in [6.07, 6.45) is 1.31. The van der Waals surface area contributed by atoms with Gasteiger partial charge in [-0.25, -0.2) is 0 Å². The van der Waals surface area contributed by atoms with Gasteiger partial charge in [-0.3, -0.25) is 4.79 Å². The van der Waals surface area contributed by atoms with Crippen LogP contribution in [0.2, 0.25) is 0 Å². The Hall–Kier alpha value is -1.35. The van der Waals surface area contributed by atoms with Crippen LogP contribution < -0.4 is 11.1 Å². The van der Waals surface area contributed by atoms with Crippen LogP contribution in [0.5, 0.6) is 0 Å². The third kappa shape index (κ3) is 5.88. The summed E-state index contributed by atoms with van der Waals surface area (Å²) >= 11 is 1.59. The van der Waals surface area contributed by atoms with Crippen LogP contribution in [0.1, 0.15) is 30.2 Å². The van der Waals surface area contributed by atoms with Crippen molar-refractivity contribution in [3.63, 3.8) is 0 Å². The highest BCUT2D eigenvalue weighted by Crippen LogP contribution is 2.15. The van der Waals surface area contributed by atoms with Crippen LogP contribution in [0, 0.1) is 11.8 Å². The molecule has 0 saturated heterocycles. The third-order valence-corrected chi connectivity index (χ3v) is 3.62. The van der Waals surface area contributed by atoms with Gasteiger partial charge in [-0.15, -0.1) is 11.3 Å². The zero-order valence-electron chi connectivity index (χ0n) is 11.4. The maximum Gasteiger partial charge on any atom is 0.220 e. The van der Waals surface area contributed by atoms with Crippen molar-refractivity contribution >= 4 is 17.2 Å². The number of carbonyl (C=O) groups excluding carboxylic acids is 1. The van der Waals surface area contributed by atoms with E-state index in [1.54, 1.807) is 18.4 Å². The van der Waals surface area contributed by atoms with Crippen molar-refractivity contribution in [1.82, 2.24) is 5.32 Å². The smallest absolute Gasteiger partial charge is 0.220 e. The first-order valence-corrected chi connectivity index (χ1v) is 7.10. The van der Waals surface area contributed by atoms with Crippen molar-refractivity contribution < 1.29 is 9.53 Å². The first kappa shape index (κ1) is 15.7. The Balaban J connectivity index is 2.40. The second-order valence-corrected chi connectivity index (χ2v) is 5.13. The van der Waals surface area contributed by atoms with Crippen molar-refractivity contribution in [1.29, 1.82) is 0 Å². The Labute approximate surface area is 118 Å². The molecule has 0 aliphatic heterocycles. The quantitative estimate of drug-likeness (QED) is 0.776. The van der Waals surface area contributed by atoms with Crippen LogP contribution in [-0.2, 0) is 16.1 Å². The van der Waals surface area contributed by atoms with E-state index in [1.807, 2.05) is 18.4 Å². The van der Waals surface area contributed by atoms with E-state index in [-0.39, 0.29) is 12.0 Å². The van der Waals surface area contributed by atoms with Gasteiger partial charge in [0.1, 0.15) is 0 Å². The Kier molecular flexibility index (Phi) is 7.19. The summed E-state index contributed by atoms with van der Waals surface area (Å²) in [6, 6.07) is 1.95. The van der Waals surface area contributed by atoms with E-state index < -0.39 is 0 Å². The molecule has 1 unspecified atom stereocenters. The van der Waals surface area contributed by atoms with Crippen molar-refractivity contribution in [3.8, 4) is 11.8 Å². The molecular weight excluding hydrogens is 260 g/mol. The van der Waals surface area contributed by atoms with Gasteiger partial charge in [-0.1, -0.05) is 11.8 Å². The van der Waals surface area contributed by atoms with E-state index in [4.69, 9.17) is 10.5 Å². The SMILES string of the molecule is COC(C)CCC(=O)NCc1sccc1C#CCN. The van der Waals surface area contributed by atoms with Crippen LogP contribution in [-0.4, -0.2) is 25.7 Å². The molecular formula is C14H20N2O2S. The highest BCUT2D eigenvalue weighted by molar-refractivity contribution is 7.10. The molecule has 104 valence electrons. The molecule has 0 fully saturated rings. The van der Waals surface area contributed by atoms with E-state index in [1.165, 1.54) is 0 Å². The molecule has 3 N–H and O–H groups in total. The van der Waals surface area contributed by atoms with Gasteiger partial charge in [0.2, 0.25) is 5.91 Å². The van der Waals surface area contributed by atoms with E-state index in [0.717, 1.165) is 16.9 Å². The van der Waals surface area contributed by atoms with Gasteiger partial charge < -0.3 is 15.8 Å². The van der Waals surface area contributed by atoms with Gasteiger partial charge in [0, 0.05) is 24.0 Å². The molecule has 1 aromatic heterocycles. The first-order chi connectivity index (χ1) is 9.17. The number of ether oxygens (including phenoxy) is 1. The number of rotatable bonds is 6. The molecule has 0 aliphatic rings. The van der Waals surface area contributed by atoms with Crippen LogP contribution in [0.15, 0.2) is 11.4 Å². The standard InChI is InChI=1S/C14H20N2O2S/c1-11(18-2)5-6-14(17)16-10-13-12(4-3-8-15)7-9-19-13/h7,9,11H,5-6,8,10,15H2,1-2H3,(H,16,17). The highest BCUT2D eigenvalue weighted by atomic mass is 32.1. The van der Waals surface area contributed by atoms with Crippen LogP contribution in [0.3, 0.4) is 0 Å². The van der Waals surface area contributed by atoms with E-state index >= 15 is 0 Å². The Bertz CT molecular complexity index is 460. The fourth-order valence-electron chi connectivity index (χ4n) is 1.45. The Morgan fingerprint density at radius 3 is 3.11 bits per heavy atom. The lowest BCUT2D eigenvalue weighted by molar-refractivity contribution is -0.121. The largest absolute Gasteiger partial charge is 0.382 e. The van der Waals surface area contributed by atoms with Gasteiger partial charge in [0.05, 0.1) is 19.2 Å². The van der Waals surface area contributed by atoms with E-state index in [9.17, 15) is 4.79 Å². The van der Waals surface area contributed by atoms with Crippen molar-refractivity contribution in [2.45, 2.75) is 32.4 Å². The number of hydrogen-bond donors (Lipinski definition) is 2. The average Bonchev–Trinajstić information content (AvgIpc) is 2.87. The molecule has 1 amide bonds. The van der Waals surface area contributed by atoms with Crippen molar-refractivity contribution in [3.05, 3.63) is 21.9 Å². The minimum atomic E-state index is 0.0371. The zero-order valence-corrected chi connectivity index (χ0v) is 12.2. The monoisotopic (exact) mass is 280 g/mol. The minimum absolute atomic E-state index is 0.0371. The van der Waals surface area contributed by atoms with Gasteiger partial charge in [-0.05, 0) is 24.8 Å². The molecule has 0 bridgehead atoms. The normalized spacial score (nSPS) is 11.5. The number of nitrogens with one attached hydrogen (secondary N) is 1. The molecule has 19 heavy (non-hydrogen) atoms. The molecule has 0 aromatic carbocycles. The first-order valence-electron chi connectivity index (χ1n) is 6.22. The lowest BCUT2D eigenvalue weighted by Gasteiger charge is -2.09. The number of carbonyl (C=O) groups is 1. The third-order valence-electron chi connectivity index (χ3n) is 2.70. The average molecular weight is 280 g/mol. The number of hydrogen-bond acceptors (Lipinski definition) is 4. The number of thiophene rings is 1. The van der Waals surface area contributed by atoms with Crippen molar-refractivity contribution in [2.75, 3.05) is 13.7 Å². The second kappa shape index (κ2) is 8.70. The van der Waals surface area contributed by atoms with Crippen LogP contribution in [0.4, 0.5) is 0 Å². The maximum absolute atomic E-state index is 11.7. The molecule has 1 aromatic rings. The highest BCUT2D eigenvalue weighted by Gasteiger charge is 2.07. The molecule has 0 spiro atoms. The fraction of sp³-hybridized carbons (Fsp3) is 0.500. The number of nitrogens with two attached hydrogens (primary N) is 1. The summed E-state index contributed by atoms with van der Waals surface area (Å²) in [4.78, 5) is 12.7. The summed E-state index contributed by atoms with van der Waals surface area (Å²) < 4.78 is 5.11.